The monoisotopic (exact) mass is 521 g/mol. The summed E-state index contributed by atoms with van der Waals surface area (Å²) < 4.78 is 0.875. The Morgan fingerprint density at radius 3 is 2.00 bits per heavy atom. The van der Waals surface area contributed by atoms with Crippen LogP contribution in [0.5, 0.6) is 0 Å². The molecule has 186 valence electrons. The molecule has 8 heteroatoms. The van der Waals surface area contributed by atoms with E-state index >= 15 is 0 Å². The molecule has 0 bridgehead atoms. The average Bonchev–Trinajstić information content (AvgIpc) is 3.37. The summed E-state index contributed by atoms with van der Waals surface area (Å²) in [4.78, 5) is 53.4. The van der Waals surface area contributed by atoms with Gasteiger partial charge in [0, 0.05) is 64.5 Å². The fourth-order valence-corrected chi connectivity index (χ4v) is 8.76. The van der Waals surface area contributed by atoms with Crippen molar-refractivity contribution in [2.75, 3.05) is 11.5 Å². The maximum absolute atomic E-state index is 14.3. The number of nitrogens with zero attached hydrogens (tertiary/aromatic N) is 1. The number of hydrogen-bond donors (Lipinski definition) is 0. The Kier molecular flexibility index (Phi) is 6.45. The minimum absolute atomic E-state index is 0.0554. The number of nitro groups is 1. The van der Waals surface area contributed by atoms with Crippen LogP contribution in [0, 0.1) is 20.9 Å². The zero-order valence-corrected chi connectivity index (χ0v) is 21.8. The summed E-state index contributed by atoms with van der Waals surface area (Å²) in [5.74, 6) is -0.00168. The first-order chi connectivity index (χ1) is 17.1. The van der Waals surface area contributed by atoms with Crippen LogP contribution in [0.15, 0.2) is 64.4 Å². The average molecular weight is 522 g/mol. The van der Waals surface area contributed by atoms with Crippen molar-refractivity contribution < 1.29 is 19.3 Å². The lowest BCUT2D eigenvalue weighted by Crippen LogP contribution is -2.58. The lowest BCUT2D eigenvalue weighted by Gasteiger charge is -2.52. The van der Waals surface area contributed by atoms with Crippen molar-refractivity contribution in [3.63, 3.8) is 0 Å². The van der Waals surface area contributed by atoms with Gasteiger partial charge in [-0.1, -0.05) is 56.3 Å². The highest BCUT2D eigenvalue weighted by Gasteiger charge is 2.65. The molecular formula is C28H27NO5S2. The van der Waals surface area contributed by atoms with E-state index in [-0.39, 0.29) is 42.3 Å². The first-order valence-electron chi connectivity index (χ1n) is 12.0. The van der Waals surface area contributed by atoms with Gasteiger partial charge in [-0.2, -0.15) is 0 Å². The molecule has 2 aromatic carbocycles. The van der Waals surface area contributed by atoms with E-state index in [0.29, 0.717) is 11.1 Å². The zero-order chi connectivity index (χ0) is 25.7. The van der Waals surface area contributed by atoms with E-state index in [1.54, 1.807) is 35.7 Å². The molecule has 0 unspecified atom stereocenters. The Morgan fingerprint density at radius 2 is 1.44 bits per heavy atom. The number of nitro benzene ring substituents is 1. The smallest absolute Gasteiger partial charge is 0.269 e. The van der Waals surface area contributed by atoms with Gasteiger partial charge in [0.15, 0.2) is 5.78 Å². The molecule has 36 heavy (non-hydrogen) atoms. The molecule has 6 nitrogen and oxygen atoms in total. The Balaban J connectivity index is 1.81. The van der Waals surface area contributed by atoms with Crippen LogP contribution in [-0.4, -0.2) is 33.8 Å². The summed E-state index contributed by atoms with van der Waals surface area (Å²) >= 11 is 3.19. The van der Waals surface area contributed by atoms with Crippen molar-refractivity contribution >= 4 is 46.6 Å². The lowest BCUT2D eigenvalue weighted by atomic mass is 9.47. The fraction of sp³-hybridized carbons (Fsp3) is 0.393. The lowest BCUT2D eigenvalue weighted by molar-refractivity contribution is -0.384. The quantitative estimate of drug-likeness (QED) is 0.209. The van der Waals surface area contributed by atoms with Crippen LogP contribution in [-0.2, 0) is 14.4 Å². The molecule has 3 aliphatic rings. The summed E-state index contributed by atoms with van der Waals surface area (Å²) in [6.45, 7) is 3.87. The number of carbonyl (C=O) groups is 3. The fourth-order valence-electron chi connectivity index (χ4n) is 6.12. The summed E-state index contributed by atoms with van der Waals surface area (Å²) in [5, 5.41) is 11.3. The van der Waals surface area contributed by atoms with E-state index in [9.17, 15) is 24.5 Å². The minimum Gasteiger partial charge on any atom is -0.299 e. The van der Waals surface area contributed by atoms with Crippen LogP contribution >= 0.6 is 23.5 Å². The second-order valence-electron chi connectivity index (χ2n) is 10.5. The maximum atomic E-state index is 14.3. The predicted octanol–water partition coefficient (Wildman–Crippen LogP) is 6.07. The zero-order valence-electron chi connectivity index (χ0n) is 20.2. The molecule has 0 radical (unpaired) electrons. The Labute approximate surface area is 218 Å². The molecule has 5 rings (SSSR count). The Bertz CT molecular complexity index is 1250. The number of carbonyl (C=O) groups excluding carboxylic acids is 3. The van der Waals surface area contributed by atoms with Gasteiger partial charge in [-0.25, -0.2) is 0 Å². The number of benzene rings is 2. The van der Waals surface area contributed by atoms with Crippen LogP contribution in [0.4, 0.5) is 5.69 Å². The number of non-ortho nitro benzene ring substituents is 1. The third-order valence-corrected chi connectivity index (χ3v) is 10.3. The number of Topliss-reactive ketones (excluding diaryl/α,β-unsaturated/α-hetero) is 3. The number of ketones is 3. The molecule has 2 aliphatic carbocycles. The third kappa shape index (κ3) is 4.04. The summed E-state index contributed by atoms with van der Waals surface area (Å²) in [7, 11) is 0. The van der Waals surface area contributed by atoms with Crippen LogP contribution in [0.3, 0.4) is 0 Å². The SMILES string of the molecule is CC1(C)CC(=O)C2(C(=O)C1)[C@@H](c1ccccc1)CC(=O)C(=C1SCCS1)[C@H]2c1ccc([N+](=O)[O-])cc1. The standard InChI is InChI=1S/C28H27NO5S2/c1-27(2)15-22(31)28(23(32)16-27)20(17-6-4-3-5-7-17)14-21(30)24(26-35-12-13-36-26)25(28)18-8-10-19(11-9-18)29(33)34/h3-11,20,25H,12-16H2,1-2H3/t20-,25-/m1/s1. The van der Waals surface area contributed by atoms with Gasteiger partial charge in [-0.05, 0) is 16.5 Å². The van der Waals surface area contributed by atoms with Gasteiger partial charge in [0.2, 0.25) is 0 Å². The largest absolute Gasteiger partial charge is 0.299 e. The summed E-state index contributed by atoms with van der Waals surface area (Å²) in [6, 6.07) is 15.4. The highest BCUT2D eigenvalue weighted by Crippen LogP contribution is 2.63. The molecule has 2 aromatic rings. The van der Waals surface area contributed by atoms with Crippen molar-refractivity contribution in [2.24, 2.45) is 10.8 Å². The van der Waals surface area contributed by atoms with Crippen molar-refractivity contribution in [1.82, 2.24) is 0 Å². The van der Waals surface area contributed by atoms with Crippen LogP contribution in [0.1, 0.15) is 56.1 Å². The molecule has 1 spiro atoms. The van der Waals surface area contributed by atoms with Crippen molar-refractivity contribution in [3.05, 3.63) is 85.6 Å². The van der Waals surface area contributed by atoms with Gasteiger partial charge in [-0.15, -0.1) is 23.5 Å². The number of rotatable bonds is 3. The molecule has 1 aliphatic heterocycles. The summed E-state index contributed by atoms with van der Waals surface area (Å²) in [5.41, 5.74) is -0.0403. The van der Waals surface area contributed by atoms with E-state index in [4.69, 9.17) is 0 Å². The topological polar surface area (TPSA) is 94.3 Å². The van der Waals surface area contributed by atoms with Crippen LogP contribution in [0.2, 0.25) is 0 Å². The van der Waals surface area contributed by atoms with Gasteiger partial charge in [-0.3, -0.25) is 24.5 Å². The van der Waals surface area contributed by atoms with E-state index in [2.05, 4.69) is 0 Å². The Morgan fingerprint density at radius 1 is 0.861 bits per heavy atom. The molecule has 3 fully saturated rings. The van der Waals surface area contributed by atoms with Crippen molar-refractivity contribution in [3.8, 4) is 0 Å². The highest BCUT2D eigenvalue weighted by molar-refractivity contribution is 8.25. The minimum atomic E-state index is -1.44. The van der Waals surface area contributed by atoms with E-state index < -0.39 is 27.6 Å². The van der Waals surface area contributed by atoms with Gasteiger partial charge in [0.05, 0.1) is 4.92 Å². The first-order valence-corrected chi connectivity index (χ1v) is 14.0. The number of allylic oxidation sites excluding steroid dienone is 1. The molecule has 1 saturated heterocycles. The second-order valence-corrected chi connectivity index (χ2v) is 13.0. The Hall–Kier alpha value is -2.71. The van der Waals surface area contributed by atoms with Gasteiger partial charge in [0.25, 0.3) is 5.69 Å². The van der Waals surface area contributed by atoms with Crippen LogP contribution in [0.25, 0.3) is 0 Å². The molecule has 0 N–H and O–H groups in total. The van der Waals surface area contributed by atoms with Gasteiger partial charge >= 0.3 is 0 Å². The van der Waals surface area contributed by atoms with Crippen molar-refractivity contribution in [1.29, 1.82) is 0 Å². The van der Waals surface area contributed by atoms with Crippen LogP contribution < -0.4 is 0 Å². The molecule has 2 atom stereocenters. The van der Waals surface area contributed by atoms with Gasteiger partial charge < -0.3 is 0 Å². The number of hydrogen-bond acceptors (Lipinski definition) is 7. The highest BCUT2D eigenvalue weighted by atomic mass is 32.2. The normalized spacial score (nSPS) is 25.4. The second kappa shape index (κ2) is 9.30. The van der Waals surface area contributed by atoms with E-state index in [1.807, 2.05) is 44.2 Å². The van der Waals surface area contributed by atoms with Crippen molar-refractivity contribution in [2.45, 2.75) is 44.9 Å². The van der Waals surface area contributed by atoms with E-state index in [0.717, 1.165) is 21.3 Å². The molecule has 1 heterocycles. The molecule has 0 aromatic heterocycles. The summed E-state index contributed by atoms with van der Waals surface area (Å²) in [6.07, 6.45) is 0.566. The molecular weight excluding hydrogens is 494 g/mol. The van der Waals surface area contributed by atoms with Gasteiger partial charge in [0.1, 0.15) is 17.0 Å². The molecule has 2 saturated carbocycles. The molecule has 0 amide bonds. The maximum Gasteiger partial charge on any atom is 0.269 e. The van der Waals surface area contributed by atoms with E-state index in [1.165, 1.54) is 12.1 Å². The predicted molar refractivity (Wildman–Crippen MR) is 142 cm³/mol. The third-order valence-electron chi connectivity index (χ3n) is 7.59. The number of thioether (sulfide) groups is 2. The first kappa shape index (κ1) is 25.0.